The van der Waals surface area contributed by atoms with Gasteiger partial charge in [0.15, 0.2) is 0 Å². The second kappa shape index (κ2) is 5.89. The first-order valence-corrected chi connectivity index (χ1v) is 5.38. The van der Waals surface area contributed by atoms with Crippen molar-refractivity contribution in [3.8, 4) is 0 Å². The van der Waals surface area contributed by atoms with E-state index in [1.165, 1.54) is 24.3 Å². The van der Waals surface area contributed by atoms with Gasteiger partial charge in [0, 0.05) is 24.1 Å². The fourth-order valence-corrected chi connectivity index (χ4v) is 1.35. The highest BCUT2D eigenvalue weighted by molar-refractivity contribution is 6.43. The van der Waals surface area contributed by atoms with Crippen molar-refractivity contribution in [3.63, 3.8) is 0 Å². The summed E-state index contributed by atoms with van der Waals surface area (Å²) < 4.78 is 0. The second-order valence-corrected chi connectivity index (χ2v) is 3.66. The Balaban J connectivity index is 2.76. The molecule has 0 aromatic heterocycles. The number of benzene rings is 1. The molecule has 0 amide bonds. The van der Waals surface area contributed by atoms with Crippen LogP contribution < -0.4 is 0 Å². The average Bonchev–Trinajstić information content (AvgIpc) is 2.35. The van der Waals surface area contributed by atoms with E-state index in [2.05, 4.69) is 0 Å². The molecule has 0 bridgehead atoms. The van der Waals surface area contributed by atoms with Crippen molar-refractivity contribution in [3.05, 3.63) is 39.9 Å². The molecule has 0 atom stereocenters. The van der Waals surface area contributed by atoms with Gasteiger partial charge in [0.25, 0.3) is 5.69 Å². The Bertz CT molecular complexity index is 436. The summed E-state index contributed by atoms with van der Waals surface area (Å²) in [6.07, 6.45) is 1.75. The minimum absolute atomic E-state index is 0.0949. The van der Waals surface area contributed by atoms with E-state index >= 15 is 0 Å². The third-order valence-corrected chi connectivity index (χ3v) is 2.35. The predicted octanol–water partition coefficient (Wildman–Crippen LogP) is 2.54. The van der Waals surface area contributed by atoms with Gasteiger partial charge in [-0.25, -0.2) is 0 Å². The summed E-state index contributed by atoms with van der Waals surface area (Å²) >= 11 is 0. The quantitative estimate of drug-likeness (QED) is 0.328. The Morgan fingerprint density at radius 1 is 1.24 bits per heavy atom. The van der Waals surface area contributed by atoms with Crippen molar-refractivity contribution in [2.75, 3.05) is 0 Å². The molecule has 0 aliphatic carbocycles. The van der Waals surface area contributed by atoms with Gasteiger partial charge in [-0.15, -0.1) is 0 Å². The lowest BCUT2D eigenvalue weighted by Gasteiger charge is -1.99. The first kappa shape index (κ1) is 13.0. The van der Waals surface area contributed by atoms with Gasteiger partial charge >= 0.3 is 0 Å². The van der Waals surface area contributed by atoms with Gasteiger partial charge in [0.1, 0.15) is 0 Å². The lowest BCUT2D eigenvalue weighted by molar-refractivity contribution is -0.384. The summed E-state index contributed by atoms with van der Waals surface area (Å²) in [4.78, 5) is 32.9. The largest absolute Gasteiger partial charge is 0.290 e. The third-order valence-electron chi connectivity index (χ3n) is 2.35. The van der Waals surface area contributed by atoms with Gasteiger partial charge in [0.2, 0.25) is 11.6 Å². The zero-order valence-corrected chi connectivity index (χ0v) is 9.51. The van der Waals surface area contributed by atoms with Crippen molar-refractivity contribution in [1.29, 1.82) is 0 Å². The minimum atomic E-state index is -0.576. The molecule has 1 aromatic carbocycles. The molecule has 0 spiro atoms. The van der Waals surface area contributed by atoms with Gasteiger partial charge in [-0.2, -0.15) is 0 Å². The van der Waals surface area contributed by atoms with Crippen molar-refractivity contribution >= 4 is 17.3 Å². The topological polar surface area (TPSA) is 77.3 Å². The molecule has 0 aliphatic heterocycles. The molecule has 0 heterocycles. The van der Waals surface area contributed by atoms with Crippen LogP contribution in [0.15, 0.2) is 24.3 Å². The normalized spacial score (nSPS) is 9.94. The van der Waals surface area contributed by atoms with Crippen LogP contribution in [0, 0.1) is 10.1 Å². The van der Waals surface area contributed by atoms with Gasteiger partial charge in [-0.1, -0.05) is 13.3 Å². The monoisotopic (exact) mass is 235 g/mol. The Hall–Kier alpha value is -2.04. The molecule has 1 rings (SSSR count). The van der Waals surface area contributed by atoms with Gasteiger partial charge in [-0.05, 0) is 18.6 Å². The molecular weight excluding hydrogens is 222 g/mol. The van der Waals surface area contributed by atoms with Gasteiger partial charge < -0.3 is 0 Å². The van der Waals surface area contributed by atoms with E-state index in [4.69, 9.17) is 0 Å². The Kier molecular flexibility index (Phi) is 4.51. The molecule has 0 fully saturated rings. The van der Waals surface area contributed by atoms with Gasteiger partial charge in [-0.3, -0.25) is 19.7 Å². The van der Waals surface area contributed by atoms with Crippen LogP contribution >= 0.6 is 0 Å². The number of nitrogens with zero attached hydrogens (tertiary/aromatic N) is 1. The second-order valence-electron chi connectivity index (χ2n) is 3.66. The maximum Gasteiger partial charge on any atom is 0.269 e. The van der Waals surface area contributed by atoms with E-state index in [0.717, 1.165) is 6.42 Å². The highest BCUT2D eigenvalue weighted by Crippen LogP contribution is 2.13. The van der Waals surface area contributed by atoms with Crippen molar-refractivity contribution < 1.29 is 14.5 Å². The molecule has 5 nitrogen and oxygen atoms in total. The van der Waals surface area contributed by atoms with Crippen LogP contribution in [-0.2, 0) is 4.79 Å². The molecule has 0 aliphatic rings. The number of hydrogen-bond donors (Lipinski definition) is 0. The average molecular weight is 235 g/mol. The van der Waals surface area contributed by atoms with Crippen LogP contribution in [-0.4, -0.2) is 16.5 Å². The summed E-state index contributed by atoms with van der Waals surface area (Å²) in [5, 5.41) is 10.4. The zero-order valence-electron chi connectivity index (χ0n) is 9.51. The molecule has 0 radical (unpaired) electrons. The Morgan fingerprint density at radius 2 is 1.82 bits per heavy atom. The SMILES string of the molecule is CCCCC(=O)C(=O)c1ccc([N+](=O)[O-])cc1. The first-order chi connectivity index (χ1) is 8.06. The molecule has 90 valence electrons. The number of unbranched alkanes of at least 4 members (excludes halogenated alkanes) is 1. The standard InChI is InChI=1S/C12H13NO4/c1-2-3-4-11(14)12(15)9-5-7-10(8-6-9)13(16)17/h5-8H,2-4H2,1H3. The highest BCUT2D eigenvalue weighted by atomic mass is 16.6. The molecule has 17 heavy (non-hydrogen) atoms. The van der Waals surface area contributed by atoms with E-state index in [0.29, 0.717) is 6.42 Å². The van der Waals surface area contributed by atoms with Crippen LogP contribution in [0.2, 0.25) is 0 Å². The Morgan fingerprint density at radius 3 is 2.29 bits per heavy atom. The summed E-state index contributed by atoms with van der Waals surface area (Å²) in [7, 11) is 0. The molecule has 0 saturated heterocycles. The number of nitro benzene ring substituents is 1. The minimum Gasteiger partial charge on any atom is -0.290 e. The maximum absolute atomic E-state index is 11.6. The van der Waals surface area contributed by atoms with E-state index in [9.17, 15) is 19.7 Å². The van der Waals surface area contributed by atoms with Crippen molar-refractivity contribution in [2.24, 2.45) is 0 Å². The molecule has 0 N–H and O–H groups in total. The molecule has 0 saturated carbocycles. The number of ketones is 2. The predicted molar refractivity (Wildman–Crippen MR) is 62.0 cm³/mol. The summed E-state index contributed by atoms with van der Waals surface area (Å²) in [5.41, 5.74) is 0.110. The molecule has 5 heteroatoms. The maximum atomic E-state index is 11.6. The van der Waals surface area contributed by atoms with E-state index in [1.807, 2.05) is 6.92 Å². The van der Waals surface area contributed by atoms with E-state index in [-0.39, 0.29) is 17.7 Å². The lowest BCUT2D eigenvalue weighted by Crippen LogP contribution is -2.13. The molecular formula is C12H13NO4. The van der Waals surface area contributed by atoms with Crippen LogP contribution in [0.4, 0.5) is 5.69 Å². The van der Waals surface area contributed by atoms with Crippen molar-refractivity contribution in [1.82, 2.24) is 0 Å². The van der Waals surface area contributed by atoms with Crippen molar-refractivity contribution in [2.45, 2.75) is 26.2 Å². The van der Waals surface area contributed by atoms with Crippen LogP contribution in [0.1, 0.15) is 36.5 Å². The fraction of sp³-hybridized carbons (Fsp3) is 0.333. The molecule has 0 unspecified atom stereocenters. The number of rotatable bonds is 6. The van der Waals surface area contributed by atoms with Gasteiger partial charge in [0.05, 0.1) is 4.92 Å². The smallest absolute Gasteiger partial charge is 0.269 e. The number of nitro groups is 1. The van der Waals surface area contributed by atoms with Crippen LogP contribution in [0.25, 0.3) is 0 Å². The summed E-state index contributed by atoms with van der Waals surface area (Å²) in [5.74, 6) is -1.02. The lowest BCUT2D eigenvalue weighted by atomic mass is 10.0. The zero-order chi connectivity index (χ0) is 12.8. The third kappa shape index (κ3) is 3.48. The summed E-state index contributed by atoms with van der Waals surface area (Å²) in [6, 6.07) is 5.06. The number of Topliss-reactive ketones (excluding diaryl/α,β-unsaturated/α-hetero) is 2. The van der Waals surface area contributed by atoms with Crippen LogP contribution in [0.3, 0.4) is 0 Å². The fourth-order valence-electron chi connectivity index (χ4n) is 1.35. The Labute approximate surface area is 98.6 Å². The number of carbonyl (C=O) groups excluding carboxylic acids is 2. The van der Waals surface area contributed by atoms with E-state index < -0.39 is 16.5 Å². The number of hydrogen-bond acceptors (Lipinski definition) is 4. The summed E-state index contributed by atoms with van der Waals surface area (Å²) in [6.45, 7) is 1.93. The number of carbonyl (C=O) groups is 2. The highest BCUT2D eigenvalue weighted by Gasteiger charge is 2.16. The van der Waals surface area contributed by atoms with Crippen LogP contribution in [0.5, 0.6) is 0 Å². The first-order valence-electron chi connectivity index (χ1n) is 5.38. The molecule has 1 aromatic rings. The number of non-ortho nitro benzene ring substituents is 1. The van der Waals surface area contributed by atoms with E-state index in [1.54, 1.807) is 0 Å².